The van der Waals surface area contributed by atoms with E-state index in [1.807, 2.05) is 37.3 Å². The Morgan fingerprint density at radius 1 is 1.11 bits per heavy atom. The third-order valence-corrected chi connectivity index (χ3v) is 7.52. The number of fused-ring (bicyclic) bond motifs is 1. The molecule has 2 unspecified atom stereocenters. The third kappa shape index (κ3) is 6.56. The molecule has 0 amide bonds. The number of aliphatic hydroxyl groups excluding tert-OH is 2. The number of benzene rings is 1. The number of carbonyl (C=O) groups excluding carboxylic acids is 2. The summed E-state index contributed by atoms with van der Waals surface area (Å²) in [4.78, 5) is 30.6. The molecule has 6 nitrogen and oxygen atoms in total. The number of cyclic esters (lactones) is 1. The van der Waals surface area contributed by atoms with Crippen LogP contribution < -0.4 is 0 Å². The van der Waals surface area contributed by atoms with Crippen molar-refractivity contribution in [1.29, 1.82) is 0 Å². The molecule has 2 heterocycles. The van der Waals surface area contributed by atoms with Gasteiger partial charge in [-0.2, -0.15) is 0 Å². The normalized spacial score (nSPS) is 30.9. The van der Waals surface area contributed by atoms with Gasteiger partial charge in [0.25, 0.3) is 0 Å². The number of aliphatic hydroxyl groups is 2. The van der Waals surface area contributed by atoms with E-state index >= 15 is 0 Å². The Morgan fingerprint density at radius 3 is 2.60 bits per heavy atom. The minimum atomic E-state index is -1.23. The summed E-state index contributed by atoms with van der Waals surface area (Å²) in [5, 5.41) is 22.7. The number of esters is 1. The largest absolute Gasteiger partial charge is 0.457 e. The highest BCUT2D eigenvalue weighted by Crippen LogP contribution is 2.33. The number of rotatable bonds is 1. The van der Waals surface area contributed by atoms with Crippen LogP contribution in [0.15, 0.2) is 48.2 Å². The standard InChI is InChI=1S/C29H39NO5/c1-18-8-6-9-19(2)27(33)20(3)28(34)29(4,5)25(31)17-26(32)35-24(14-11-18)22-13-12-21-10-7-15-30-23(21)16-22/h7,10-13,15-16,19-20,24-25,27,31,33H,6,8-9,14,17H2,1-5H3/b18-11-/t19-,20+,24?,25-,27?/m0/s1. The van der Waals surface area contributed by atoms with Crippen LogP contribution in [0.3, 0.4) is 0 Å². The molecule has 0 radical (unpaired) electrons. The molecule has 3 rings (SSSR count). The van der Waals surface area contributed by atoms with E-state index < -0.39 is 35.6 Å². The van der Waals surface area contributed by atoms with Crippen LogP contribution >= 0.6 is 0 Å². The lowest BCUT2D eigenvalue weighted by molar-refractivity contribution is -0.155. The van der Waals surface area contributed by atoms with E-state index in [1.54, 1.807) is 27.0 Å². The summed E-state index contributed by atoms with van der Waals surface area (Å²) in [7, 11) is 0. The summed E-state index contributed by atoms with van der Waals surface area (Å²) < 4.78 is 5.87. The van der Waals surface area contributed by atoms with Gasteiger partial charge in [0.1, 0.15) is 11.9 Å². The van der Waals surface area contributed by atoms with Crippen molar-refractivity contribution in [1.82, 2.24) is 4.98 Å². The molecule has 0 bridgehead atoms. The predicted octanol–water partition coefficient (Wildman–Crippen LogP) is 5.32. The van der Waals surface area contributed by atoms with Gasteiger partial charge in [-0.25, -0.2) is 0 Å². The maximum Gasteiger partial charge on any atom is 0.309 e. The summed E-state index contributed by atoms with van der Waals surface area (Å²) in [5.41, 5.74) is 1.64. The Balaban J connectivity index is 1.91. The van der Waals surface area contributed by atoms with Gasteiger partial charge in [0, 0.05) is 23.9 Å². The number of aromatic nitrogens is 1. The molecule has 1 aromatic heterocycles. The van der Waals surface area contributed by atoms with Gasteiger partial charge in [-0.1, -0.05) is 57.5 Å². The average Bonchev–Trinajstić information content (AvgIpc) is 2.84. The molecule has 0 saturated heterocycles. The molecule has 0 spiro atoms. The Labute approximate surface area is 208 Å². The lowest BCUT2D eigenvalue weighted by atomic mass is 9.73. The van der Waals surface area contributed by atoms with Crippen LogP contribution in [0.2, 0.25) is 0 Å². The molecule has 0 aliphatic carbocycles. The van der Waals surface area contributed by atoms with E-state index in [1.165, 1.54) is 5.57 Å². The van der Waals surface area contributed by atoms with E-state index in [2.05, 4.69) is 18.0 Å². The van der Waals surface area contributed by atoms with Gasteiger partial charge in [-0.3, -0.25) is 14.6 Å². The average molecular weight is 482 g/mol. The third-order valence-electron chi connectivity index (χ3n) is 7.52. The fourth-order valence-corrected chi connectivity index (χ4v) is 4.84. The first-order valence-corrected chi connectivity index (χ1v) is 12.6. The first-order chi connectivity index (χ1) is 16.5. The fraction of sp³-hybridized carbons (Fsp3) is 0.552. The maximum atomic E-state index is 13.2. The highest BCUT2D eigenvalue weighted by atomic mass is 16.5. The van der Waals surface area contributed by atoms with Crippen LogP contribution in [0, 0.1) is 17.3 Å². The number of hydrogen-bond acceptors (Lipinski definition) is 6. The fourth-order valence-electron chi connectivity index (χ4n) is 4.84. The Hall–Kier alpha value is -2.57. The zero-order valence-electron chi connectivity index (χ0n) is 21.5. The second-order valence-corrected chi connectivity index (χ2v) is 10.7. The molecule has 190 valence electrons. The van der Waals surface area contributed by atoms with E-state index in [0.717, 1.165) is 35.7 Å². The monoisotopic (exact) mass is 481 g/mol. The number of pyridine rings is 1. The number of carbonyl (C=O) groups is 2. The van der Waals surface area contributed by atoms with Gasteiger partial charge < -0.3 is 14.9 Å². The molecule has 1 aromatic carbocycles. The first-order valence-electron chi connectivity index (χ1n) is 12.6. The lowest BCUT2D eigenvalue weighted by Crippen LogP contribution is -2.45. The molecule has 5 atom stereocenters. The lowest BCUT2D eigenvalue weighted by Gasteiger charge is -2.34. The number of nitrogens with zero attached hydrogens (tertiary/aromatic N) is 1. The molecular formula is C29H39NO5. The number of hydrogen-bond donors (Lipinski definition) is 2. The molecule has 2 aromatic rings. The van der Waals surface area contributed by atoms with Gasteiger partial charge >= 0.3 is 5.97 Å². The summed E-state index contributed by atoms with van der Waals surface area (Å²) in [6.07, 6.45) is 4.02. The van der Waals surface area contributed by atoms with Gasteiger partial charge in [-0.15, -0.1) is 0 Å². The van der Waals surface area contributed by atoms with Crippen molar-refractivity contribution in [2.45, 2.75) is 85.0 Å². The summed E-state index contributed by atoms with van der Waals surface area (Å²) in [5.74, 6) is -1.51. The van der Waals surface area contributed by atoms with Crippen molar-refractivity contribution >= 4 is 22.7 Å². The summed E-state index contributed by atoms with van der Waals surface area (Å²) in [6, 6.07) is 9.70. The number of allylic oxidation sites excluding steroid dienone is 1. The minimum absolute atomic E-state index is 0.0505. The first kappa shape index (κ1) is 27.0. The van der Waals surface area contributed by atoms with Crippen molar-refractivity contribution < 1.29 is 24.5 Å². The molecule has 6 heteroatoms. The van der Waals surface area contributed by atoms with E-state index in [0.29, 0.717) is 6.42 Å². The van der Waals surface area contributed by atoms with Gasteiger partial charge in [0.15, 0.2) is 0 Å². The number of ether oxygens (including phenoxy) is 1. The maximum absolute atomic E-state index is 13.2. The van der Waals surface area contributed by atoms with E-state index in [9.17, 15) is 19.8 Å². The van der Waals surface area contributed by atoms with Gasteiger partial charge in [0.05, 0.1) is 29.6 Å². The van der Waals surface area contributed by atoms with Crippen molar-refractivity contribution in [2.75, 3.05) is 0 Å². The summed E-state index contributed by atoms with van der Waals surface area (Å²) >= 11 is 0. The number of ketones is 1. The second kappa shape index (κ2) is 11.4. The summed E-state index contributed by atoms with van der Waals surface area (Å²) in [6.45, 7) is 8.98. The SMILES string of the molecule is C/C1=C/CC(c2ccc3cccnc3c2)OC(=O)C[C@H](O)C(C)(C)C(=O)[C@H](C)C(O)[C@@H](C)CCC1. The highest BCUT2D eigenvalue weighted by molar-refractivity contribution is 5.88. The van der Waals surface area contributed by atoms with E-state index in [4.69, 9.17) is 4.74 Å². The highest BCUT2D eigenvalue weighted by Gasteiger charge is 2.42. The van der Waals surface area contributed by atoms with Crippen LogP contribution in [-0.2, 0) is 14.3 Å². The van der Waals surface area contributed by atoms with Gasteiger partial charge in [0.2, 0.25) is 0 Å². The topological polar surface area (TPSA) is 96.7 Å². The molecule has 1 aliphatic heterocycles. The molecule has 1 aliphatic rings. The van der Waals surface area contributed by atoms with E-state index in [-0.39, 0.29) is 18.1 Å². The van der Waals surface area contributed by atoms with Gasteiger partial charge in [-0.05, 0) is 49.8 Å². The van der Waals surface area contributed by atoms with Crippen molar-refractivity contribution in [3.63, 3.8) is 0 Å². The Bertz CT molecular complexity index is 1080. The van der Waals surface area contributed by atoms with Crippen LogP contribution in [0.5, 0.6) is 0 Å². The smallest absolute Gasteiger partial charge is 0.309 e. The van der Waals surface area contributed by atoms with Crippen LogP contribution in [0.25, 0.3) is 10.9 Å². The zero-order valence-corrected chi connectivity index (χ0v) is 21.5. The minimum Gasteiger partial charge on any atom is -0.457 e. The molecule has 2 N–H and O–H groups in total. The van der Waals surface area contributed by atoms with Crippen LogP contribution in [0.1, 0.15) is 78.4 Å². The second-order valence-electron chi connectivity index (χ2n) is 10.7. The molecule has 0 fully saturated rings. The quantitative estimate of drug-likeness (QED) is 0.423. The van der Waals surface area contributed by atoms with Crippen molar-refractivity contribution in [3.05, 3.63) is 53.7 Å². The molecular weight excluding hydrogens is 442 g/mol. The van der Waals surface area contributed by atoms with Crippen molar-refractivity contribution in [3.8, 4) is 0 Å². The molecule has 0 saturated carbocycles. The molecule has 35 heavy (non-hydrogen) atoms. The Morgan fingerprint density at radius 2 is 1.86 bits per heavy atom. The Kier molecular flexibility index (Phi) is 8.84. The van der Waals surface area contributed by atoms with Crippen molar-refractivity contribution in [2.24, 2.45) is 17.3 Å². The van der Waals surface area contributed by atoms with Crippen LogP contribution in [0.4, 0.5) is 0 Å². The number of Topliss-reactive ketones (excluding diaryl/α,β-unsaturated/α-hetero) is 1. The van der Waals surface area contributed by atoms with Crippen LogP contribution in [-0.4, -0.2) is 39.2 Å². The predicted molar refractivity (Wildman–Crippen MR) is 137 cm³/mol. The zero-order chi connectivity index (χ0) is 25.8.